The highest BCUT2D eigenvalue weighted by molar-refractivity contribution is 6.04. The lowest BCUT2D eigenvalue weighted by atomic mass is 10.1. The summed E-state index contributed by atoms with van der Waals surface area (Å²) in [4.78, 5) is 40.7. The molecule has 5 aromatic rings. The van der Waals surface area contributed by atoms with Gasteiger partial charge in [0.1, 0.15) is 34.3 Å². The van der Waals surface area contributed by atoms with Gasteiger partial charge >= 0.3 is 0 Å². The van der Waals surface area contributed by atoms with E-state index in [1.54, 1.807) is 48.7 Å². The van der Waals surface area contributed by atoms with Crippen LogP contribution in [0, 0.1) is 6.92 Å². The van der Waals surface area contributed by atoms with Gasteiger partial charge in [-0.05, 0) is 43.3 Å². The van der Waals surface area contributed by atoms with E-state index in [0.29, 0.717) is 34.3 Å². The Bertz CT molecular complexity index is 1620. The van der Waals surface area contributed by atoms with Crippen LogP contribution in [-0.2, 0) is 0 Å². The predicted octanol–water partition coefficient (Wildman–Crippen LogP) is 3.71. The minimum Gasteiger partial charge on any atom is -0.365 e. The van der Waals surface area contributed by atoms with Gasteiger partial charge in [0, 0.05) is 23.1 Å². The van der Waals surface area contributed by atoms with Crippen molar-refractivity contribution in [3.05, 3.63) is 105 Å². The van der Waals surface area contributed by atoms with Crippen LogP contribution < -0.4 is 32.5 Å². The Balaban J connectivity index is 1.37. The molecule has 0 aliphatic heterocycles. The van der Waals surface area contributed by atoms with Crippen molar-refractivity contribution in [3.8, 4) is 11.3 Å². The zero-order valence-electron chi connectivity index (χ0n) is 19.1. The number of primary amides is 1. The summed E-state index contributed by atoms with van der Waals surface area (Å²) in [6, 6.07) is 19.7. The predicted molar refractivity (Wildman–Crippen MR) is 139 cm³/mol. The Hall–Kier alpha value is -5.25. The third-order valence-electron chi connectivity index (χ3n) is 5.59. The number of aryl methyl sites for hydroxylation is 1. The summed E-state index contributed by atoms with van der Waals surface area (Å²) >= 11 is 0. The smallest absolute Gasteiger partial charge is 0.254 e. The molecule has 5 rings (SSSR count). The molecule has 2 aromatic heterocycles. The summed E-state index contributed by atoms with van der Waals surface area (Å²) in [6.45, 7) is 1.96. The highest BCUT2D eigenvalue weighted by atomic mass is 16.2. The number of aromatic nitrogens is 3. The van der Waals surface area contributed by atoms with Crippen LogP contribution in [0.5, 0.6) is 0 Å². The molecule has 10 heteroatoms. The Kier molecular flexibility index (Phi) is 5.75. The van der Waals surface area contributed by atoms with E-state index < -0.39 is 16.8 Å². The molecule has 0 atom stereocenters. The minimum atomic E-state index is -0.657. The molecule has 1 amide bonds. The van der Waals surface area contributed by atoms with Crippen LogP contribution in [0.15, 0.2) is 82.5 Å². The third kappa shape index (κ3) is 4.30. The van der Waals surface area contributed by atoms with Gasteiger partial charge < -0.3 is 21.7 Å². The maximum atomic E-state index is 12.2. The summed E-state index contributed by atoms with van der Waals surface area (Å²) in [6.07, 6.45) is 1.62. The average Bonchev–Trinajstić information content (AvgIpc) is 3.31. The van der Waals surface area contributed by atoms with E-state index in [1.165, 1.54) is 0 Å². The average molecular weight is 480 g/mol. The molecule has 0 bridgehead atoms. The molecule has 36 heavy (non-hydrogen) atoms. The largest absolute Gasteiger partial charge is 0.365 e. The third-order valence-corrected chi connectivity index (χ3v) is 5.59. The first-order valence-electron chi connectivity index (χ1n) is 11.0. The second-order valence-corrected chi connectivity index (χ2v) is 8.13. The second kappa shape index (κ2) is 9.18. The maximum absolute atomic E-state index is 12.2. The molecular weight excluding hydrogens is 458 g/mol. The van der Waals surface area contributed by atoms with Crippen LogP contribution in [0.1, 0.15) is 15.9 Å². The van der Waals surface area contributed by atoms with Crippen molar-refractivity contribution in [3.63, 3.8) is 0 Å². The monoisotopic (exact) mass is 479 g/mol. The topological polar surface area (TPSA) is 155 Å². The van der Waals surface area contributed by atoms with E-state index in [9.17, 15) is 14.4 Å². The number of hydrogen-bond donors (Lipinski definition) is 5. The van der Waals surface area contributed by atoms with E-state index in [-0.39, 0.29) is 16.9 Å². The molecule has 3 aromatic carbocycles. The van der Waals surface area contributed by atoms with E-state index >= 15 is 0 Å². The Morgan fingerprint density at radius 1 is 0.833 bits per heavy atom. The number of benzene rings is 2. The fraction of sp³-hybridized carbons (Fsp3) is 0.0385. The van der Waals surface area contributed by atoms with Gasteiger partial charge in [0.15, 0.2) is 0 Å². The van der Waals surface area contributed by atoms with Crippen molar-refractivity contribution in [2.75, 3.05) is 16.0 Å². The number of pyridine rings is 1. The first kappa shape index (κ1) is 22.5. The number of nitrogens with two attached hydrogens (primary N) is 1. The Morgan fingerprint density at radius 3 is 2.00 bits per heavy atom. The molecule has 0 saturated carbocycles. The van der Waals surface area contributed by atoms with Crippen molar-refractivity contribution in [1.29, 1.82) is 0 Å². The van der Waals surface area contributed by atoms with E-state index in [0.717, 1.165) is 5.56 Å². The van der Waals surface area contributed by atoms with Crippen LogP contribution in [-0.4, -0.2) is 21.1 Å². The van der Waals surface area contributed by atoms with E-state index in [4.69, 9.17) is 5.73 Å². The molecule has 0 unspecified atom stereocenters. The van der Waals surface area contributed by atoms with Gasteiger partial charge in [-0.3, -0.25) is 19.5 Å². The zero-order chi connectivity index (χ0) is 25.2. The van der Waals surface area contributed by atoms with Crippen LogP contribution >= 0.6 is 0 Å². The number of hydrogen-bond acceptors (Lipinski definition) is 8. The minimum absolute atomic E-state index is 0.188. The zero-order valence-corrected chi connectivity index (χ0v) is 19.1. The first-order chi connectivity index (χ1) is 17.4. The second-order valence-electron chi connectivity index (χ2n) is 8.13. The SMILES string of the molecule is Cc1ccc(Nc2c(Nc3ccc(-c4n[nH]c(Nc5ccccn5)c4C(N)=O)cc3)c(=O)c2=O)cc1. The molecular formula is C26H21N7O3. The number of amides is 1. The fourth-order valence-electron chi connectivity index (χ4n) is 3.71. The highest BCUT2D eigenvalue weighted by Crippen LogP contribution is 2.30. The Labute approximate surface area is 204 Å². The van der Waals surface area contributed by atoms with Gasteiger partial charge in [-0.15, -0.1) is 0 Å². The van der Waals surface area contributed by atoms with E-state index in [2.05, 4.69) is 31.1 Å². The fourth-order valence-corrected chi connectivity index (χ4v) is 3.71. The number of aromatic amines is 1. The number of rotatable bonds is 8. The van der Waals surface area contributed by atoms with Gasteiger partial charge in [0.25, 0.3) is 16.8 Å². The van der Waals surface area contributed by atoms with Crippen molar-refractivity contribution in [1.82, 2.24) is 15.2 Å². The number of H-pyrrole nitrogens is 1. The van der Waals surface area contributed by atoms with Crippen LogP contribution in [0.2, 0.25) is 0 Å². The number of carbonyl (C=O) groups excluding carboxylic acids is 1. The molecule has 6 N–H and O–H groups in total. The van der Waals surface area contributed by atoms with Crippen LogP contribution in [0.25, 0.3) is 11.3 Å². The maximum Gasteiger partial charge on any atom is 0.254 e. The van der Waals surface area contributed by atoms with Gasteiger partial charge in [0.05, 0.1) is 0 Å². The molecule has 0 fully saturated rings. The molecule has 0 aliphatic rings. The molecule has 2 heterocycles. The number of nitrogens with one attached hydrogen (secondary N) is 4. The molecule has 0 aliphatic carbocycles. The van der Waals surface area contributed by atoms with E-state index in [1.807, 2.05) is 31.2 Å². The highest BCUT2D eigenvalue weighted by Gasteiger charge is 2.22. The lowest BCUT2D eigenvalue weighted by molar-refractivity contribution is 0.100. The van der Waals surface area contributed by atoms with Gasteiger partial charge in [-0.1, -0.05) is 35.9 Å². The van der Waals surface area contributed by atoms with Crippen molar-refractivity contribution >= 4 is 40.3 Å². The van der Waals surface area contributed by atoms with Crippen molar-refractivity contribution < 1.29 is 4.79 Å². The van der Waals surface area contributed by atoms with Gasteiger partial charge in [-0.2, -0.15) is 5.10 Å². The summed E-state index contributed by atoms with van der Waals surface area (Å²) in [5.74, 6) is 0.196. The number of carbonyl (C=O) groups is 1. The van der Waals surface area contributed by atoms with Crippen LogP contribution in [0.4, 0.5) is 34.4 Å². The molecule has 0 saturated heterocycles. The van der Waals surface area contributed by atoms with Crippen LogP contribution in [0.3, 0.4) is 0 Å². The summed E-state index contributed by atoms with van der Waals surface area (Å²) in [5, 5.41) is 16.1. The standard InChI is InChI=1S/C26H21N7O3/c1-14-5-9-16(10-6-14)29-21-22(24(35)23(21)34)30-17-11-7-15(8-12-17)20-19(25(27)36)26(33-32-20)31-18-4-2-3-13-28-18/h2-13,29-30H,1H3,(H2,27,36)(H2,28,31,32,33). The van der Waals surface area contributed by atoms with Gasteiger partial charge in [0.2, 0.25) is 0 Å². The first-order valence-corrected chi connectivity index (χ1v) is 11.0. The Morgan fingerprint density at radius 2 is 1.44 bits per heavy atom. The van der Waals surface area contributed by atoms with Crippen molar-refractivity contribution in [2.24, 2.45) is 5.73 Å². The summed E-state index contributed by atoms with van der Waals surface area (Å²) in [5.41, 5.74) is 8.41. The quantitative estimate of drug-likeness (QED) is 0.211. The lowest BCUT2D eigenvalue weighted by Crippen LogP contribution is -2.35. The number of anilines is 6. The molecule has 0 spiro atoms. The van der Waals surface area contributed by atoms with Crippen molar-refractivity contribution in [2.45, 2.75) is 6.92 Å². The molecule has 0 radical (unpaired) electrons. The normalized spacial score (nSPS) is 10.8. The molecule has 178 valence electrons. The molecule has 10 nitrogen and oxygen atoms in total. The number of nitrogens with zero attached hydrogens (tertiary/aromatic N) is 2. The van der Waals surface area contributed by atoms with Gasteiger partial charge in [-0.25, -0.2) is 4.98 Å². The summed E-state index contributed by atoms with van der Waals surface area (Å²) in [7, 11) is 0. The summed E-state index contributed by atoms with van der Waals surface area (Å²) < 4.78 is 0. The lowest BCUT2D eigenvalue weighted by Gasteiger charge is -2.15.